The van der Waals surface area contributed by atoms with E-state index in [1.54, 1.807) is 7.11 Å². The first-order chi connectivity index (χ1) is 5.59. The highest BCUT2D eigenvalue weighted by molar-refractivity contribution is 7.91. The van der Waals surface area contributed by atoms with Crippen LogP contribution in [0.25, 0.3) is 0 Å². The van der Waals surface area contributed by atoms with Gasteiger partial charge in [-0.1, -0.05) is 0 Å². The van der Waals surface area contributed by atoms with Crippen LogP contribution in [-0.2, 0) is 14.6 Å². The van der Waals surface area contributed by atoms with E-state index < -0.39 is 9.84 Å². The lowest BCUT2D eigenvalue weighted by Gasteiger charge is -2.28. The summed E-state index contributed by atoms with van der Waals surface area (Å²) in [5.74, 6) is 0.401. The molecule has 1 saturated heterocycles. The van der Waals surface area contributed by atoms with Gasteiger partial charge in [0.1, 0.15) is 0 Å². The van der Waals surface area contributed by atoms with Gasteiger partial charge in [0.05, 0.1) is 17.6 Å². The van der Waals surface area contributed by atoms with Gasteiger partial charge in [-0.25, -0.2) is 8.42 Å². The average Bonchev–Trinajstić information content (AvgIpc) is 2.03. The second kappa shape index (κ2) is 3.72. The van der Waals surface area contributed by atoms with Crippen LogP contribution in [0.4, 0.5) is 0 Å². The highest BCUT2D eigenvalue weighted by Gasteiger charge is 2.31. The molecule has 4 nitrogen and oxygen atoms in total. The molecule has 1 fully saturated rings. The Morgan fingerprint density at radius 1 is 1.58 bits per heavy atom. The molecular formula is C7H15NO3S. The quantitative estimate of drug-likeness (QED) is 0.635. The number of nitrogens with two attached hydrogens (primary N) is 1. The van der Waals surface area contributed by atoms with Gasteiger partial charge >= 0.3 is 0 Å². The highest BCUT2D eigenvalue weighted by atomic mass is 32.2. The molecule has 0 aromatic heterocycles. The van der Waals surface area contributed by atoms with Crippen molar-refractivity contribution in [2.45, 2.75) is 12.5 Å². The summed E-state index contributed by atoms with van der Waals surface area (Å²) in [7, 11) is -1.24. The van der Waals surface area contributed by atoms with Crippen LogP contribution in [0.5, 0.6) is 0 Å². The molecule has 0 saturated carbocycles. The Labute approximate surface area is 73.0 Å². The highest BCUT2D eigenvalue weighted by Crippen LogP contribution is 2.20. The Balaban J connectivity index is 2.66. The van der Waals surface area contributed by atoms with Crippen molar-refractivity contribution in [2.75, 3.05) is 25.2 Å². The van der Waals surface area contributed by atoms with Crippen LogP contribution in [0.1, 0.15) is 6.42 Å². The Morgan fingerprint density at radius 2 is 2.25 bits per heavy atom. The number of hydrogen-bond acceptors (Lipinski definition) is 4. The van der Waals surface area contributed by atoms with Crippen molar-refractivity contribution in [1.29, 1.82) is 0 Å². The third-order valence-electron chi connectivity index (χ3n) is 2.31. The molecule has 0 aromatic rings. The first-order valence-electron chi connectivity index (χ1n) is 4.02. The topological polar surface area (TPSA) is 69.4 Å². The predicted octanol–water partition coefficient (Wildman–Crippen LogP) is -0.605. The van der Waals surface area contributed by atoms with E-state index in [1.165, 1.54) is 0 Å². The van der Waals surface area contributed by atoms with Crippen LogP contribution < -0.4 is 5.73 Å². The molecule has 0 spiro atoms. The molecule has 1 aliphatic rings. The van der Waals surface area contributed by atoms with E-state index in [-0.39, 0.29) is 23.5 Å². The first-order valence-corrected chi connectivity index (χ1v) is 5.84. The van der Waals surface area contributed by atoms with Crippen molar-refractivity contribution in [2.24, 2.45) is 11.7 Å². The maximum atomic E-state index is 11.2. The molecule has 5 heteroatoms. The molecule has 1 aliphatic heterocycles. The maximum absolute atomic E-state index is 11.2. The Hall–Kier alpha value is -0.130. The summed E-state index contributed by atoms with van der Waals surface area (Å²) < 4.78 is 27.5. The molecule has 0 amide bonds. The monoisotopic (exact) mass is 193 g/mol. The smallest absolute Gasteiger partial charge is 0.150 e. The fourth-order valence-corrected chi connectivity index (χ4v) is 3.34. The number of sulfone groups is 1. The van der Waals surface area contributed by atoms with E-state index in [1.807, 2.05) is 0 Å². The molecule has 0 aliphatic carbocycles. The summed E-state index contributed by atoms with van der Waals surface area (Å²) in [4.78, 5) is 0. The minimum atomic E-state index is -2.85. The number of hydrogen-bond donors (Lipinski definition) is 1. The predicted molar refractivity (Wildman–Crippen MR) is 46.6 cm³/mol. The minimum absolute atomic E-state index is 0.0197. The SMILES string of the molecule is COC1CCS(=O)(=O)CC1CN. The van der Waals surface area contributed by atoms with Gasteiger partial charge < -0.3 is 10.5 Å². The second-order valence-electron chi connectivity index (χ2n) is 3.17. The fourth-order valence-electron chi connectivity index (χ4n) is 1.58. The zero-order valence-corrected chi connectivity index (χ0v) is 8.01. The van der Waals surface area contributed by atoms with E-state index >= 15 is 0 Å². The molecule has 0 bridgehead atoms. The summed E-state index contributed by atoms with van der Waals surface area (Å²) in [6, 6.07) is 0. The normalized spacial score (nSPS) is 34.8. The summed E-state index contributed by atoms with van der Waals surface area (Å²) in [5, 5.41) is 0. The lowest BCUT2D eigenvalue weighted by atomic mass is 10.0. The van der Waals surface area contributed by atoms with E-state index in [9.17, 15) is 8.42 Å². The van der Waals surface area contributed by atoms with Crippen LogP contribution >= 0.6 is 0 Å². The van der Waals surface area contributed by atoms with Gasteiger partial charge in [0.15, 0.2) is 9.84 Å². The van der Waals surface area contributed by atoms with Crippen molar-refractivity contribution < 1.29 is 13.2 Å². The van der Waals surface area contributed by atoms with Crippen molar-refractivity contribution >= 4 is 9.84 Å². The first kappa shape index (κ1) is 9.95. The van der Waals surface area contributed by atoms with Crippen LogP contribution in [0.3, 0.4) is 0 Å². The van der Waals surface area contributed by atoms with Gasteiger partial charge in [0, 0.05) is 13.0 Å². The molecule has 12 heavy (non-hydrogen) atoms. The largest absolute Gasteiger partial charge is 0.381 e. The zero-order chi connectivity index (χ0) is 9.19. The molecule has 1 heterocycles. The summed E-state index contributed by atoms with van der Waals surface area (Å²) in [5.41, 5.74) is 5.45. The van der Waals surface area contributed by atoms with Gasteiger partial charge in [-0.15, -0.1) is 0 Å². The Kier molecular flexibility index (Phi) is 3.09. The summed E-state index contributed by atoms with van der Waals surface area (Å²) in [6.07, 6.45) is 0.610. The van der Waals surface area contributed by atoms with E-state index in [2.05, 4.69) is 0 Å². The van der Waals surface area contributed by atoms with E-state index in [0.29, 0.717) is 13.0 Å². The van der Waals surface area contributed by atoms with Gasteiger partial charge in [-0.3, -0.25) is 0 Å². The molecule has 0 aromatic carbocycles. The van der Waals surface area contributed by atoms with Crippen molar-refractivity contribution in [3.8, 4) is 0 Å². The molecular weight excluding hydrogens is 178 g/mol. The van der Waals surface area contributed by atoms with Gasteiger partial charge in [0.25, 0.3) is 0 Å². The van der Waals surface area contributed by atoms with Crippen molar-refractivity contribution in [3.05, 3.63) is 0 Å². The molecule has 2 unspecified atom stereocenters. The Bertz CT molecular complexity index is 237. The number of methoxy groups -OCH3 is 1. The zero-order valence-electron chi connectivity index (χ0n) is 7.19. The number of rotatable bonds is 2. The molecule has 2 atom stereocenters. The molecule has 2 N–H and O–H groups in total. The van der Waals surface area contributed by atoms with Crippen LogP contribution in [0.2, 0.25) is 0 Å². The number of ether oxygens (including phenoxy) is 1. The van der Waals surface area contributed by atoms with Gasteiger partial charge in [-0.2, -0.15) is 0 Å². The third kappa shape index (κ3) is 2.18. The minimum Gasteiger partial charge on any atom is -0.381 e. The third-order valence-corrected chi connectivity index (χ3v) is 4.11. The molecule has 0 radical (unpaired) electrons. The molecule has 72 valence electrons. The Morgan fingerprint density at radius 3 is 2.75 bits per heavy atom. The van der Waals surface area contributed by atoms with Crippen molar-refractivity contribution in [1.82, 2.24) is 0 Å². The van der Waals surface area contributed by atoms with Crippen LogP contribution in [-0.4, -0.2) is 39.7 Å². The summed E-state index contributed by atoms with van der Waals surface area (Å²) in [6.45, 7) is 0.387. The van der Waals surface area contributed by atoms with Crippen LogP contribution in [0, 0.1) is 5.92 Å². The second-order valence-corrected chi connectivity index (χ2v) is 5.40. The average molecular weight is 193 g/mol. The molecule has 1 rings (SSSR count). The summed E-state index contributed by atoms with van der Waals surface area (Å²) >= 11 is 0. The lowest BCUT2D eigenvalue weighted by molar-refractivity contribution is 0.0566. The fraction of sp³-hybridized carbons (Fsp3) is 1.00. The standard InChI is InChI=1S/C7H15NO3S/c1-11-7-2-3-12(9,10)5-6(7)4-8/h6-7H,2-5,8H2,1H3. The van der Waals surface area contributed by atoms with E-state index in [0.717, 1.165) is 0 Å². The lowest BCUT2D eigenvalue weighted by Crippen LogP contribution is -2.41. The van der Waals surface area contributed by atoms with Gasteiger partial charge in [-0.05, 0) is 13.0 Å². The van der Waals surface area contributed by atoms with E-state index in [4.69, 9.17) is 10.5 Å². The van der Waals surface area contributed by atoms with Gasteiger partial charge in [0.2, 0.25) is 0 Å². The van der Waals surface area contributed by atoms with Crippen molar-refractivity contribution in [3.63, 3.8) is 0 Å². The maximum Gasteiger partial charge on any atom is 0.150 e. The van der Waals surface area contributed by atoms with Crippen LogP contribution in [0.15, 0.2) is 0 Å².